The van der Waals surface area contributed by atoms with Gasteiger partial charge in [-0.15, -0.1) is 0 Å². The zero-order valence-electron chi connectivity index (χ0n) is 43.6. The summed E-state index contributed by atoms with van der Waals surface area (Å²) in [6, 6.07) is 22.0. The second kappa shape index (κ2) is 23.3. The van der Waals surface area contributed by atoms with E-state index in [0.29, 0.717) is 89.2 Å². The van der Waals surface area contributed by atoms with E-state index >= 15 is 0 Å². The zero-order valence-corrected chi connectivity index (χ0v) is 43.6. The Kier molecular flexibility index (Phi) is 16.4. The molecule has 2 aliphatic heterocycles. The van der Waals surface area contributed by atoms with Crippen molar-refractivity contribution in [1.29, 1.82) is 0 Å². The Balaban J connectivity index is 0.941. The number of aliphatic hydroxyl groups is 1. The number of ether oxygens (including phenoxy) is 4. The highest BCUT2D eigenvalue weighted by molar-refractivity contribution is 5.69. The van der Waals surface area contributed by atoms with Crippen LogP contribution in [0.3, 0.4) is 0 Å². The van der Waals surface area contributed by atoms with E-state index in [2.05, 4.69) is 22.8 Å². The summed E-state index contributed by atoms with van der Waals surface area (Å²) in [4.78, 5) is 34.5. The molecule has 0 saturated heterocycles. The fourth-order valence-electron chi connectivity index (χ4n) is 10.6. The summed E-state index contributed by atoms with van der Waals surface area (Å²) in [5, 5.41) is 49.1. The summed E-state index contributed by atoms with van der Waals surface area (Å²) in [5.41, 5.74) is 4.56. The van der Waals surface area contributed by atoms with E-state index < -0.39 is 41.2 Å². The first-order valence-electron chi connectivity index (χ1n) is 26.2. The number of hydrogen-bond donors (Lipinski definition) is 5. The van der Waals surface area contributed by atoms with Gasteiger partial charge in [0.15, 0.2) is 0 Å². The van der Waals surface area contributed by atoms with Crippen molar-refractivity contribution in [2.75, 3.05) is 51.2 Å². The third-order valence-corrected chi connectivity index (χ3v) is 15.1. The molecule has 0 radical (unpaired) electrons. The summed E-state index contributed by atoms with van der Waals surface area (Å²) < 4.78 is 56.0. The number of aryl methyl sites for hydroxylation is 4. The van der Waals surface area contributed by atoms with Crippen LogP contribution in [0, 0.1) is 0 Å². The highest BCUT2D eigenvalue weighted by Gasteiger charge is 2.52. The number of hydrogen-bond acceptors (Lipinski definition) is 13. The zero-order chi connectivity index (χ0) is 53.6. The van der Waals surface area contributed by atoms with Gasteiger partial charge in [0.2, 0.25) is 18.2 Å². The smallest absolute Gasteiger partial charge is 0.303 e. The van der Waals surface area contributed by atoms with Gasteiger partial charge in [0.25, 0.3) is 0 Å². The normalized spacial score (nSPS) is 16.1. The maximum Gasteiger partial charge on any atom is 0.303 e. The van der Waals surface area contributed by atoms with Crippen molar-refractivity contribution in [3.8, 4) is 23.3 Å². The minimum absolute atomic E-state index is 0.118. The Morgan fingerprint density at radius 3 is 1.82 bits per heavy atom. The Morgan fingerprint density at radius 2 is 1.26 bits per heavy atom. The van der Waals surface area contributed by atoms with Gasteiger partial charge in [-0.1, -0.05) is 30.3 Å². The number of alkyl halides is 2. The number of halogens is 2. The Morgan fingerprint density at radius 1 is 0.724 bits per heavy atom. The highest BCUT2D eigenvalue weighted by Crippen LogP contribution is 2.54. The molecule has 4 aromatic heterocycles. The first-order valence-corrected chi connectivity index (χ1v) is 26.2. The molecule has 3 unspecified atom stereocenters. The van der Waals surface area contributed by atoms with Crippen LogP contribution in [0.5, 0.6) is 23.3 Å². The molecule has 5 N–H and O–H groups in total. The van der Waals surface area contributed by atoms with Crippen LogP contribution in [-0.4, -0.2) is 104 Å². The van der Waals surface area contributed by atoms with Crippen LogP contribution in [-0.2, 0) is 72.7 Å². The molecule has 1 fully saturated rings. The van der Waals surface area contributed by atoms with Gasteiger partial charge in [-0.2, -0.15) is 10.2 Å². The van der Waals surface area contributed by atoms with E-state index in [4.69, 9.17) is 39.1 Å². The Hall–Kier alpha value is -7.28. The van der Waals surface area contributed by atoms with Crippen LogP contribution in [0.2, 0.25) is 0 Å². The lowest BCUT2D eigenvalue weighted by molar-refractivity contribution is -0.138. The first kappa shape index (κ1) is 53.5. The third kappa shape index (κ3) is 12.5. The number of nitrogens with zero attached hydrogens (tertiary/aromatic N) is 6. The molecule has 19 heteroatoms. The molecule has 2 aromatic carbocycles. The molecular formula is C57H68F2N8O9. The van der Waals surface area contributed by atoms with Crippen LogP contribution in [0.1, 0.15) is 120 Å². The van der Waals surface area contributed by atoms with Crippen LogP contribution in [0.25, 0.3) is 0 Å². The van der Waals surface area contributed by atoms with Gasteiger partial charge in [-0.3, -0.25) is 9.59 Å². The number of carboxylic acids is 2. The molecule has 1 saturated carbocycles. The molecule has 17 nitrogen and oxygen atoms in total. The number of aliphatic carboxylic acids is 2. The fourth-order valence-corrected chi connectivity index (χ4v) is 10.6. The number of fused-ring (bicyclic) bond motifs is 2. The van der Waals surface area contributed by atoms with E-state index in [-0.39, 0.29) is 45.3 Å². The molecule has 9 rings (SSSR count). The van der Waals surface area contributed by atoms with Crippen molar-refractivity contribution in [1.82, 2.24) is 29.5 Å². The van der Waals surface area contributed by atoms with Gasteiger partial charge in [-0.05, 0) is 128 Å². The summed E-state index contributed by atoms with van der Waals surface area (Å²) >= 11 is 0. The predicted octanol–water partition coefficient (Wildman–Crippen LogP) is 8.58. The van der Waals surface area contributed by atoms with Crippen molar-refractivity contribution in [3.63, 3.8) is 0 Å². The quantitative estimate of drug-likeness (QED) is 0.0344. The molecule has 6 heterocycles. The number of carbonyl (C=O) groups is 2. The van der Waals surface area contributed by atoms with Gasteiger partial charge in [0.1, 0.15) is 23.1 Å². The molecule has 0 spiro atoms. The van der Waals surface area contributed by atoms with Crippen LogP contribution in [0.4, 0.5) is 20.4 Å². The molecule has 1 aliphatic carbocycles. The van der Waals surface area contributed by atoms with E-state index in [1.54, 1.807) is 65.8 Å². The molecule has 6 aromatic rings. The Labute approximate surface area is 441 Å². The lowest BCUT2D eigenvalue weighted by Crippen LogP contribution is -2.25. The first-order chi connectivity index (χ1) is 36.6. The van der Waals surface area contributed by atoms with Gasteiger partial charge in [0, 0.05) is 74.9 Å². The van der Waals surface area contributed by atoms with E-state index in [1.165, 1.54) is 25.3 Å². The number of methoxy groups -OCH3 is 2. The van der Waals surface area contributed by atoms with Crippen molar-refractivity contribution in [3.05, 3.63) is 129 Å². The average Bonchev–Trinajstić information content (AvgIpc) is 4.04. The number of rotatable bonds is 26. The van der Waals surface area contributed by atoms with Crippen molar-refractivity contribution in [2.24, 2.45) is 7.05 Å². The molecule has 404 valence electrons. The van der Waals surface area contributed by atoms with Crippen molar-refractivity contribution in [2.45, 2.75) is 126 Å². The van der Waals surface area contributed by atoms with Crippen LogP contribution < -0.4 is 29.6 Å². The van der Waals surface area contributed by atoms with Gasteiger partial charge in [0.05, 0.1) is 62.7 Å². The van der Waals surface area contributed by atoms with E-state index in [0.717, 1.165) is 61.8 Å². The van der Waals surface area contributed by atoms with Gasteiger partial charge < -0.3 is 44.9 Å². The monoisotopic (exact) mass is 1050 g/mol. The lowest BCUT2D eigenvalue weighted by Gasteiger charge is -2.27. The lowest BCUT2D eigenvalue weighted by atomic mass is 9.85. The molecule has 0 amide bonds. The topological polar surface area (TPSA) is 217 Å². The van der Waals surface area contributed by atoms with Gasteiger partial charge in [-0.25, -0.2) is 28.1 Å². The minimum Gasteiger partial charge on any atom is -0.496 e. The highest BCUT2D eigenvalue weighted by atomic mass is 19.3. The number of benzene rings is 2. The SMILES string of the molecule is COc1ccc(C(C)(O)CCn2nc(CC(CC(=O)O)c3cc(C4(C(F)F)CC4)ccc3OC)cc2OCCc2ccc3c(n2)NCCC3)cc1C(CC(=O)O)Cc1cc(OCCc2ccc3c(n2)NCCC3)n(C)n1. The number of anilines is 2. The van der Waals surface area contributed by atoms with Crippen molar-refractivity contribution < 1.29 is 52.6 Å². The number of nitrogens with one attached hydrogen (secondary N) is 2. The predicted molar refractivity (Wildman–Crippen MR) is 280 cm³/mol. The van der Waals surface area contributed by atoms with Crippen LogP contribution in [0.15, 0.2) is 72.8 Å². The molecular weight excluding hydrogens is 979 g/mol. The molecule has 0 bridgehead atoms. The molecule has 3 atom stereocenters. The molecule has 3 aliphatic rings. The summed E-state index contributed by atoms with van der Waals surface area (Å²) in [6.45, 7) is 4.19. The average molecular weight is 1050 g/mol. The maximum absolute atomic E-state index is 14.3. The number of pyridine rings is 2. The third-order valence-electron chi connectivity index (χ3n) is 15.1. The Bertz CT molecular complexity index is 3030. The standard InChI is InChI=1S/C57H68F2N8O9/c1-56(72,39-11-15-47(73-3)45(31-39)37(29-51(68)69)27-43-33-49(66(2)64-43)75-25-17-41-13-9-35-7-5-22-60-53(35)62-41)21-24-67-50(76-26-18-42-14-10-36-8-6-23-61-54(36)63-42)34-44(65-67)28-38(30-52(70)71)46-32-40(12-16-48(46)74-4)57(19-20-57)55(58)59/h9-16,31-34,37-38,55,72H,5-8,17-30H2,1-4H3,(H,60,62)(H,61,63)(H,68,69)(H,70,71). The van der Waals surface area contributed by atoms with E-state index in [9.17, 15) is 33.7 Å². The van der Waals surface area contributed by atoms with Crippen molar-refractivity contribution >= 4 is 23.6 Å². The molecule has 76 heavy (non-hydrogen) atoms. The van der Waals surface area contributed by atoms with E-state index in [1.807, 2.05) is 18.2 Å². The second-order valence-electron chi connectivity index (χ2n) is 20.6. The maximum atomic E-state index is 14.3. The fraction of sp³-hybridized carbons (Fsp3) is 0.474. The largest absolute Gasteiger partial charge is 0.496 e. The summed E-state index contributed by atoms with van der Waals surface area (Å²) in [6.07, 6.45) is 3.19. The number of carboxylic acid groups (broad SMARTS) is 2. The summed E-state index contributed by atoms with van der Waals surface area (Å²) in [7, 11) is 4.76. The minimum atomic E-state index is -2.57. The second-order valence-corrected chi connectivity index (χ2v) is 20.6. The van der Waals surface area contributed by atoms with Gasteiger partial charge >= 0.3 is 11.9 Å². The number of aromatic nitrogens is 6. The van der Waals surface area contributed by atoms with Crippen LogP contribution >= 0.6 is 0 Å². The summed E-state index contributed by atoms with van der Waals surface area (Å²) in [5.74, 6) is 0.185.